The number of aromatic nitrogens is 1. The predicted octanol–water partition coefficient (Wildman–Crippen LogP) is -1.34. The van der Waals surface area contributed by atoms with Crippen LogP contribution >= 0.6 is 7.53 Å². The Balaban J connectivity index is 0.000000482. The summed E-state index contributed by atoms with van der Waals surface area (Å²) in [5, 5.41) is 4.12. The number of hydrogen-bond acceptors (Lipinski definition) is 0. The van der Waals surface area contributed by atoms with Crippen molar-refractivity contribution in [3.05, 3.63) is 78.6 Å². The number of aromatic amines is 1. The van der Waals surface area contributed by atoms with Gasteiger partial charge in [-0.3, -0.25) is 6.08 Å². The summed E-state index contributed by atoms with van der Waals surface area (Å²) in [6, 6.07) is 13.1. The van der Waals surface area contributed by atoms with Crippen LogP contribution in [-0.2, 0) is 26.2 Å². The second kappa shape index (κ2) is 11.1. The standard InChI is InChI=1S/C12H9NP.C5H5.2ClH.Zr/c1-2-4-11-8-12(7-10(11)3-1)14-6-5-13-9-14;1-2-4-5-3-1;;;/h1-9H;1-3H,4H2;2*1H;/q2*-1;;;+4/p-1. The molecule has 0 saturated carbocycles. The minimum atomic E-state index is -0.204. The second-order valence-electron chi connectivity index (χ2n) is 4.36. The summed E-state index contributed by atoms with van der Waals surface area (Å²) in [5.74, 6) is 4.41. The van der Waals surface area contributed by atoms with Crippen LogP contribution in [0.25, 0.3) is 16.1 Å². The Morgan fingerprint density at radius 3 is 2.55 bits per heavy atom. The van der Waals surface area contributed by atoms with Gasteiger partial charge < -0.3 is 24.8 Å². The van der Waals surface area contributed by atoms with Gasteiger partial charge >= 0.3 is 26.2 Å². The van der Waals surface area contributed by atoms with Gasteiger partial charge in [-0.25, -0.2) is 17.1 Å². The molecule has 0 radical (unpaired) electrons. The Bertz CT molecular complexity index is 674. The Kier molecular flexibility index (Phi) is 10.8. The SMILES string of the molecule is [C-]1=CC=CC1.[Cl-].[Cl-].[Zr+4].c1ccc2[cH-]c(-p3cc[nH+]c3)cc2c1. The number of allylic oxidation sites excluding steroid dienone is 4. The first-order chi connectivity index (χ1) is 9.43. The molecule has 1 atom stereocenters. The van der Waals surface area contributed by atoms with Gasteiger partial charge in [0.1, 0.15) is 0 Å². The molecule has 0 saturated heterocycles. The number of benzene rings is 1. The minimum Gasteiger partial charge on any atom is -1.00 e. The van der Waals surface area contributed by atoms with Crippen molar-refractivity contribution < 1.29 is 56.0 Å². The molecule has 0 spiro atoms. The van der Waals surface area contributed by atoms with Crippen LogP contribution in [0.15, 0.2) is 72.5 Å². The number of halogens is 2. The largest absolute Gasteiger partial charge is 4.00 e. The molecule has 22 heavy (non-hydrogen) atoms. The zero-order valence-electron chi connectivity index (χ0n) is 11.8. The Hall–Kier alpha value is -0.517. The number of hydrogen-bond donors (Lipinski definition) is 0. The van der Waals surface area contributed by atoms with E-state index in [9.17, 15) is 0 Å². The molecular formula is C17H15Cl2NPZr+. The zero-order chi connectivity index (χ0) is 12.9. The minimum absolute atomic E-state index is 0. The van der Waals surface area contributed by atoms with Crippen LogP contribution < -0.4 is 29.8 Å². The maximum absolute atomic E-state index is 3.14. The van der Waals surface area contributed by atoms with E-state index in [1.54, 1.807) is 0 Å². The van der Waals surface area contributed by atoms with Crippen molar-refractivity contribution in [2.24, 2.45) is 0 Å². The normalized spacial score (nSPS) is 11.7. The monoisotopic (exact) mass is 424 g/mol. The molecule has 1 aliphatic carbocycles. The fourth-order valence-electron chi connectivity index (χ4n) is 2.07. The van der Waals surface area contributed by atoms with E-state index in [0.717, 1.165) is 6.42 Å². The van der Waals surface area contributed by atoms with E-state index < -0.39 is 0 Å². The summed E-state index contributed by atoms with van der Waals surface area (Å²) < 4.78 is 0. The van der Waals surface area contributed by atoms with Crippen molar-refractivity contribution in [3.8, 4) is 5.30 Å². The fourth-order valence-corrected chi connectivity index (χ4v) is 3.55. The van der Waals surface area contributed by atoms with Gasteiger partial charge in [0.25, 0.3) is 0 Å². The average molecular weight is 426 g/mol. The summed E-state index contributed by atoms with van der Waals surface area (Å²) in [7, 11) is -0.204. The van der Waals surface area contributed by atoms with E-state index in [2.05, 4.69) is 65.3 Å². The average Bonchev–Trinajstić information content (AvgIpc) is 3.20. The zero-order valence-corrected chi connectivity index (χ0v) is 16.7. The van der Waals surface area contributed by atoms with E-state index >= 15 is 0 Å². The van der Waals surface area contributed by atoms with Gasteiger partial charge in [0.15, 0.2) is 12.1 Å². The molecule has 4 rings (SSSR count). The van der Waals surface area contributed by atoms with Crippen LogP contribution in [0, 0.1) is 6.08 Å². The number of nitrogens with one attached hydrogen (secondary N) is 1. The van der Waals surface area contributed by atoms with Gasteiger partial charge in [0.2, 0.25) is 0 Å². The molecule has 5 heteroatoms. The van der Waals surface area contributed by atoms with E-state index in [4.69, 9.17) is 0 Å². The molecule has 0 aliphatic heterocycles. The summed E-state index contributed by atoms with van der Waals surface area (Å²) in [4.78, 5) is 3.14. The van der Waals surface area contributed by atoms with Gasteiger partial charge in [-0.1, -0.05) is 11.4 Å². The molecule has 3 aromatic rings. The summed E-state index contributed by atoms with van der Waals surface area (Å²) in [6.45, 7) is 0. The van der Waals surface area contributed by atoms with E-state index in [1.165, 1.54) is 16.1 Å². The molecular weight excluding hydrogens is 411 g/mol. The first-order valence-electron chi connectivity index (χ1n) is 6.35. The molecule has 1 aliphatic rings. The number of H-pyrrole nitrogens is 1. The van der Waals surface area contributed by atoms with Crippen molar-refractivity contribution in [1.29, 1.82) is 0 Å². The molecule has 1 aromatic heterocycles. The molecule has 110 valence electrons. The van der Waals surface area contributed by atoms with Crippen LogP contribution in [0.1, 0.15) is 6.42 Å². The predicted molar refractivity (Wildman–Crippen MR) is 81.7 cm³/mol. The van der Waals surface area contributed by atoms with Gasteiger partial charge in [-0.15, -0.1) is 41.5 Å². The molecule has 1 unspecified atom stereocenters. The first-order valence-corrected chi connectivity index (χ1v) is 7.83. The molecule has 0 amide bonds. The maximum atomic E-state index is 3.14. The second-order valence-corrected chi connectivity index (χ2v) is 6.25. The Labute approximate surface area is 163 Å². The maximum Gasteiger partial charge on any atom is 4.00 e. The molecule has 1 nitrogen and oxygen atoms in total. The Morgan fingerprint density at radius 1 is 1.18 bits per heavy atom. The van der Waals surface area contributed by atoms with Gasteiger partial charge in [0, 0.05) is 5.80 Å². The molecule has 1 N–H and O–H groups in total. The van der Waals surface area contributed by atoms with Crippen molar-refractivity contribution in [1.82, 2.24) is 0 Å². The van der Waals surface area contributed by atoms with Crippen LogP contribution in [0.3, 0.4) is 0 Å². The quantitative estimate of drug-likeness (QED) is 0.428. The van der Waals surface area contributed by atoms with E-state index in [-0.39, 0.29) is 58.6 Å². The first kappa shape index (κ1) is 21.5. The molecule has 1 heterocycles. The summed E-state index contributed by atoms with van der Waals surface area (Å²) in [6.07, 6.45) is 12.0. The van der Waals surface area contributed by atoms with Crippen molar-refractivity contribution in [2.45, 2.75) is 6.42 Å². The van der Waals surface area contributed by atoms with Crippen LogP contribution in [-0.4, -0.2) is 0 Å². The third-order valence-corrected chi connectivity index (χ3v) is 4.78. The van der Waals surface area contributed by atoms with E-state index in [1.807, 2.05) is 18.3 Å². The molecule has 0 fully saturated rings. The van der Waals surface area contributed by atoms with Crippen molar-refractivity contribution in [2.75, 3.05) is 0 Å². The van der Waals surface area contributed by atoms with Gasteiger partial charge in [-0.2, -0.15) is 12.1 Å². The van der Waals surface area contributed by atoms with Crippen LogP contribution in [0.2, 0.25) is 0 Å². The Morgan fingerprint density at radius 2 is 2.00 bits per heavy atom. The van der Waals surface area contributed by atoms with Crippen LogP contribution in [0.4, 0.5) is 0 Å². The number of fused-ring (bicyclic) bond motifs is 1. The van der Waals surface area contributed by atoms with E-state index in [0.29, 0.717) is 0 Å². The van der Waals surface area contributed by atoms with Gasteiger partial charge in [0.05, 0.1) is 0 Å². The van der Waals surface area contributed by atoms with Crippen molar-refractivity contribution >= 4 is 18.3 Å². The summed E-state index contributed by atoms with van der Waals surface area (Å²) >= 11 is 0. The smallest absolute Gasteiger partial charge is 1.00 e. The third kappa shape index (κ3) is 5.60. The topological polar surface area (TPSA) is 14.1 Å². The molecule has 2 aromatic carbocycles. The fraction of sp³-hybridized carbons (Fsp3) is 0.0588. The summed E-state index contributed by atoms with van der Waals surface area (Å²) in [5.41, 5.74) is 0. The van der Waals surface area contributed by atoms with Crippen LogP contribution in [0.5, 0.6) is 0 Å². The van der Waals surface area contributed by atoms with Crippen molar-refractivity contribution in [3.63, 3.8) is 0 Å². The van der Waals surface area contributed by atoms with Gasteiger partial charge in [-0.05, 0) is 7.53 Å². The number of rotatable bonds is 1. The molecule has 0 bridgehead atoms. The third-order valence-electron chi connectivity index (χ3n) is 3.03.